The summed E-state index contributed by atoms with van der Waals surface area (Å²) in [6.45, 7) is 1.93. The van der Waals surface area contributed by atoms with Crippen LogP contribution in [0.2, 0.25) is 0 Å². The molecule has 2 heterocycles. The summed E-state index contributed by atoms with van der Waals surface area (Å²) in [6, 6.07) is 1.57. The number of carbonyl (C=O) groups excluding carboxylic acids is 2. The van der Waals surface area contributed by atoms with Gasteiger partial charge in [-0.15, -0.1) is 0 Å². The van der Waals surface area contributed by atoms with E-state index in [2.05, 4.69) is 15.6 Å². The number of nitrogens with one attached hydrogen (secondary N) is 2. The van der Waals surface area contributed by atoms with Gasteiger partial charge in [-0.3, -0.25) is 19.9 Å². The van der Waals surface area contributed by atoms with Crippen LogP contribution in [0.4, 0.5) is 5.69 Å². The zero-order chi connectivity index (χ0) is 11.5. The van der Waals surface area contributed by atoms with Crippen molar-refractivity contribution in [3.8, 4) is 0 Å². The normalized spacial score (nSPS) is 20.4. The van der Waals surface area contributed by atoms with Gasteiger partial charge in [-0.1, -0.05) is 0 Å². The summed E-state index contributed by atoms with van der Waals surface area (Å²) >= 11 is 0. The lowest BCUT2D eigenvalue weighted by atomic mass is 10.1. The molecule has 1 aromatic heterocycles. The van der Waals surface area contributed by atoms with Gasteiger partial charge in [0, 0.05) is 18.8 Å². The minimum atomic E-state index is -0.346. The molecular formula is C11H13N3O2. The van der Waals surface area contributed by atoms with E-state index >= 15 is 0 Å². The number of nitrogens with zero attached hydrogens (tertiary/aromatic N) is 1. The van der Waals surface area contributed by atoms with Crippen molar-refractivity contribution < 1.29 is 9.59 Å². The number of pyridine rings is 1. The Morgan fingerprint density at radius 1 is 1.44 bits per heavy atom. The fraction of sp³-hybridized carbons (Fsp3) is 0.364. The largest absolute Gasteiger partial charge is 0.372 e. The molecule has 1 aliphatic heterocycles. The molecule has 0 spiro atoms. The first kappa shape index (κ1) is 10.6. The van der Waals surface area contributed by atoms with Crippen molar-refractivity contribution >= 4 is 17.5 Å². The summed E-state index contributed by atoms with van der Waals surface area (Å²) in [5.74, 6) is -0.469. The van der Waals surface area contributed by atoms with Crippen LogP contribution in [-0.4, -0.2) is 22.8 Å². The van der Waals surface area contributed by atoms with E-state index in [4.69, 9.17) is 0 Å². The van der Waals surface area contributed by atoms with E-state index in [1.165, 1.54) is 0 Å². The number of carbonyl (C=O) groups is 2. The van der Waals surface area contributed by atoms with Gasteiger partial charge in [0.05, 0.1) is 5.69 Å². The standard InChI is InChI=1S/C11H13N3O2/c1-7-4-8(6-12-5-7)13-9-2-3-10(15)14-11(9)16/h4-6,9,13H,2-3H2,1H3,(H,14,15,16). The molecule has 1 saturated heterocycles. The summed E-state index contributed by atoms with van der Waals surface area (Å²) in [6.07, 6.45) is 4.31. The van der Waals surface area contributed by atoms with Crippen LogP contribution < -0.4 is 10.6 Å². The average molecular weight is 219 g/mol. The SMILES string of the molecule is Cc1cncc(NC2CCC(=O)NC2=O)c1. The lowest BCUT2D eigenvalue weighted by Crippen LogP contribution is -2.47. The molecule has 2 N–H and O–H groups in total. The van der Waals surface area contributed by atoms with Gasteiger partial charge >= 0.3 is 0 Å². The molecule has 84 valence electrons. The Balaban J connectivity index is 2.05. The van der Waals surface area contributed by atoms with E-state index < -0.39 is 0 Å². The van der Waals surface area contributed by atoms with E-state index in [0.29, 0.717) is 12.8 Å². The molecule has 0 bridgehead atoms. The topological polar surface area (TPSA) is 71.1 Å². The highest BCUT2D eigenvalue weighted by molar-refractivity contribution is 6.01. The molecule has 5 heteroatoms. The third-order valence-corrected chi connectivity index (χ3v) is 2.46. The molecule has 1 unspecified atom stereocenters. The molecular weight excluding hydrogens is 206 g/mol. The van der Waals surface area contributed by atoms with Crippen molar-refractivity contribution in [2.75, 3.05) is 5.32 Å². The van der Waals surface area contributed by atoms with E-state index in [1.54, 1.807) is 12.4 Å². The molecule has 1 atom stereocenters. The van der Waals surface area contributed by atoms with Crippen LogP contribution >= 0.6 is 0 Å². The fourth-order valence-corrected chi connectivity index (χ4v) is 1.67. The first-order chi connectivity index (χ1) is 7.65. The van der Waals surface area contributed by atoms with Crippen molar-refractivity contribution in [2.45, 2.75) is 25.8 Å². The van der Waals surface area contributed by atoms with Gasteiger partial charge in [-0.05, 0) is 25.0 Å². The summed E-state index contributed by atoms with van der Waals surface area (Å²) in [7, 11) is 0. The lowest BCUT2D eigenvalue weighted by Gasteiger charge is -2.22. The maximum absolute atomic E-state index is 11.5. The van der Waals surface area contributed by atoms with Crippen LogP contribution in [-0.2, 0) is 9.59 Å². The number of amides is 2. The highest BCUT2D eigenvalue weighted by atomic mass is 16.2. The van der Waals surface area contributed by atoms with Gasteiger partial charge in [0.15, 0.2) is 0 Å². The smallest absolute Gasteiger partial charge is 0.249 e. The van der Waals surface area contributed by atoms with E-state index in [-0.39, 0.29) is 17.9 Å². The molecule has 5 nitrogen and oxygen atoms in total. The summed E-state index contributed by atoms with van der Waals surface area (Å²) in [5.41, 5.74) is 1.83. The molecule has 0 aliphatic carbocycles. The highest BCUT2D eigenvalue weighted by Crippen LogP contribution is 2.13. The third kappa shape index (κ3) is 2.36. The lowest BCUT2D eigenvalue weighted by molar-refractivity contribution is -0.133. The minimum Gasteiger partial charge on any atom is -0.372 e. The summed E-state index contributed by atoms with van der Waals surface area (Å²) in [5, 5.41) is 5.37. The first-order valence-electron chi connectivity index (χ1n) is 5.17. The Hall–Kier alpha value is -1.91. The quantitative estimate of drug-likeness (QED) is 0.715. The molecule has 2 amide bonds. The number of piperidine rings is 1. The molecule has 1 aliphatic rings. The number of aromatic nitrogens is 1. The van der Waals surface area contributed by atoms with Crippen molar-refractivity contribution in [1.82, 2.24) is 10.3 Å². The van der Waals surface area contributed by atoms with Crippen molar-refractivity contribution in [2.24, 2.45) is 0 Å². The molecule has 1 fully saturated rings. The first-order valence-corrected chi connectivity index (χ1v) is 5.17. The van der Waals surface area contributed by atoms with Crippen LogP contribution in [0, 0.1) is 6.92 Å². The highest BCUT2D eigenvalue weighted by Gasteiger charge is 2.26. The number of hydrogen-bond acceptors (Lipinski definition) is 4. The second-order valence-corrected chi connectivity index (χ2v) is 3.90. The Kier molecular flexibility index (Phi) is 2.85. The van der Waals surface area contributed by atoms with Gasteiger partial charge in [0.1, 0.15) is 6.04 Å². The summed E-state index contributed by atoms with van der Waals surface area (Å²) < 4.78 is 0. The van der Waals surface area contributed by atoms with Crippen LogP contribution in [0.3, 0.4) is 0 Å². The van der Waals surface area contributed by atoms with Crippen molar-refractivity contribution in [1.29, 1.82) is 0 Å². The predicted octanol–water partition coefficient (Wildman–Crippen LogP) is 0.607. The molecule has 0 radical (unpaired) electrons. The Morgan fingerprint density at radius 2 is 2.25 bits per heavy atom. The number of imide groups is 1. The third-order valence-electron chi connectivity index (χ3n) is 2.46. The van der Waals surface area contributed by atoms with Crippen molar-refractivity contribution in [3.05, 3.63) is 24.0 Å². The Morgan fingerprint density at radius 3 is 2.94 bits per heavy atom. The van der Waals surface area contributed by atoms with Crippen LogP contribution in [0.25, 0.3) is 0 Å². The number of hydrogen-bond donors (Lipinski definition) is 2. The van der Waals surface area contributed by atoms with E-state index in [9.17, 15) is 9.59 Å². The number of anilines is 1. The van der Waals surface area contributed by atoms with E-state index in [1.807, 2.05) is 13.0 Å². The second-order valence-electron chi connectivity index (χ2n) is 3.90. The second kappa shape index (κ2) is 4.30. The predicted molar refractivity (Wildman–Crippen MR) is 58.8 cm³/mol. The number of aryl methyl sites for hydroxylation is 1. The average Bonchev–Trinajstić information content (AvgIpc) is 2.22. The van der Waals surface area contributed by atoms with Gasteiger partial charge in [-0.25, -0.2) is 0 Å². The Bertz CT molecular complexity index is 431. The molecule has 16 heavy (non-hydrogen) atoms. The maximum Gasteiger partial charge on any atom is 0.249 e. The zero-order valence-electron chi connectivity index (χ0n) is 8.99. The molecule has 2 rings (SSSR count). The van der Waals surface area contributed by atoms with Gasteiger partial charge in [0.2, 0.25) is 11.8 Å². The fourth-order valence-electron chi connectivity index (χ4n) is 1.67. The summed E-state index contributed by atoms with van der Waals surface area (Å²) in [4.78, 5) is 26.5. The van der Waals surface area contributed by atoms with E-state index in [0.717, 1.165) is 11.3 Å². The van der Waals surface area contributed by atoms with Crippen LogP contribution in [0.15, 0.2) is 18.5 Å². The Labute approximate surface area is 93.3 Å². The molecule has 1 aromatic rings. The molecule has 0 saturated carbocycles. The number of rotatable bonds is 2. The van der Waals surface area contributed by atoms with Gasteiger partial charge in [-0.2, -0.15) is 0 Å². The van der Waals surface area contributed by atoms with Gasteiger partial charge < -0.3 is 5.32 Å². The van der Waals surface area contributed by atoms with Gasteiger partial charge in [0.25, 0.3) is 0 Å². The monoisotopic (exact) mass is 219 g/mol. The maximum atomic E-state index is 11.5. The van der Waals surface area contributed by atoms with Crippen molar-refractivity contribution in [3.63, 3.8) is 0 Å². The van der Waals surface area contributed by atoms with Crippen LogP contribution in [0.1, 0.15) is 18.4 Å². The zero-order valence-corrected chi connectivity index (χ0v) is 8.99. The molecule has 0 aromatic carbocycles. The van der Waals surface area contributed by atoms with Crippen LogP contribution in [0.5, 0.6) is 0 Å². The minimum absolute atomic E-state index is 0.203.